The molecule has 3 aliphatic rings. The number of para-hydroxylation sites is 1. The smallest absolute Gasteiger partial charge is 0.132 e. The Hall–Kier alpha value is -6.96. The van der Waals surface area contributed by atoms with Crippen molar-refractivity contribution in [1.82, 2.24) is 0 Å². The van der Waals surface area contributed by atoms with Crippen LogP contribution in [0, 0.1) is 0 Å². The first-order chi connectivity index (χ1) is 36.4. The van der Waals surface area contributed by atoms with Gasteiger partial charge in [-0.25, -0.2) is 0 Å². The molecule has 0 amide bonds. The van der Waals surface area contributed by atoms with E-state index in [-0.39, 0.29) is 39.1 Å². The summed E-state index contributed by atoms with van der Waals surface area (Å²) in [7, 11) is 0. The van der Waals surface area contributed by atoms with Gasteiger partial charge >= 0.3 is 0 Å². The molecule has 0 radical (unpaired) electrons. The Bertz CT molecular complexity index is 4250. The van der Waals surface area contributed by atoms with Gasteiger partial charge in [0, 0.05) is 11.1 Å². The number of ether oxygens (including phenoxy) is 1. The molecule has 0 saturated carbocycles. The van der Waals surface area contributed by atoms with Crippen molar-refractivity contribution >= 4 is 10.8 Å². The number of benzene rings is 9. The number of hydrogen-bond acceptors (Lipinski definition) is 1. The van der Waals surface area contributed by atoms with Crippen molar-refractivity contribution in [3.05, 3.63) is 250 Å². The van der Waals surface area contributed by atoms with Crippen LogP contribution in [0.2, 0.25) is 0 Å². The SMILES string of the molecule is [2H]c1cc(C2(c3c([2H])c([2H])c([2H])c([2H])c3[2H])c3c([2H])c([2H])c([2H])c([2H])c3Oc3c([2H])c([2H])c(-c4ccc5c(c4)C4(c6ccccc6-5)c5ccccc5-c5c4c([2H])c([2H])c4c([2H])c([2H])c([2H])c([2H])c54)c([2H])c32)c([2H])c([2H])c1[2H]. The van der Waals surface area contributed by atoms with Crippen molar-refractivity contribution in [2.24, 2.45) is 0 Å². The zero-order valence-electron chi connectivity index (χ0n) is 50.3. The molecule has 256 valence electrons. The largest absolute Gasteiger partial charge is 0.457 e. The van der Waals surface area contributed by atoms with Gasteiger partial charge in [-0.3, -0.25) is 0 Å². The van der Waals surface area contributed by atoms with E-state index in [2.05, 4.69) is 0 Å². The van der Waals surface area contributed by atoms with Gasteiger partial charge in [-0.05, 0) is 102 Å². The summed E-state index contributed by atoms with van der Waals surface area (Å²) in [5.74, 6) is -1.52. The Labute approximate surface area is 351 Å². The second-order valence-corrected chi connectivity index (χ2v) is 13.4. The Morgan fingerprint density at radius 1 is 0.400 bits per heavy atom. The minimum Gasteiger partial charge on any atom is -0.457 e. The highest BCUT2D eigenvalue weighted by atomic mass is 16.5. The van der Waals surface area contributed by atoms with Crippen LogP contribution in [0.1, 0.15) is 74.7 Å². The van der Waals surface area contributed by atoms with Crippen LogP contribution in [0.4, 0.5) is 0 Å². The highest BCUT2D eigenvalue weighted by Gasteiger charge is 2.52. The normalized spacial score (nSPS) is 23.7. The lowest BCUT2D eigenvalue weighted by molar-refractivity contribution is 0.434. The van der Waals surface area contributed by atoms with Crippen molar-refractivity contribution in [1.29, 1.82) is 0 Å². The fourth-order valence-corrected chi connectivity index (χ4v) is 8.94. The van der Waals surface area contributed by atoms with Crippen LogP contribution in [-0.4, -0.2) is 0 Å². The first-order valence-electron chi connectivity index (χ1n) is 28.4. The second-order valence-electron chi connectivity index (χ2n) is 13.4. The van der Waals surface area contributed by atoms with Crippen LogP contribution in [0.3, 0.4) is 0 Å². The maximum absolute atomic E-state index is 10.5. The van der Waals surface area contributed by atoms with Gasteiger partial charge in [-0.1, -0.05) is 182 Å². The molecule has 2 unspecified atom stereocenters. The highest BCUT2D eigenvalue weighted by molar-refractivity contribution is 6.06. The van der Waals surface area contributed by atoms with E-state index in [9.17, 15) is 13.7 Å². The molecular weight excluding hydrogens is 665 g/mol. The van der Waals surface area contributed by atoms with Gasteiger partial charge in [0.05, 0.1) is 41.0 Å². The van der Waals surface area contributed by atoms with Gasteiger partial charge < -0.3 is 4.74 Å². The summed E-state index contributed by atoms with van der Waals surface area (Å²) in [6, 6.07) is 3.23. The first kappa shape index (κ1) is 16.2. The molecule has 1 spiro atoms. The van der Waals surface area contributed by atoms with Crippen molar-refractivity contribution in [2.45, 2.75) is 10.8 Å². The molecule has 55 heavy (non-hydrogen) atoms. The van der Waals surface area contributed by atoms with E-state index < -0.39 is 171 Å². The van der Waals surface area contributed by atoms with Crippen molar-refractivity contribution in [3.8, 4) is 44.9 Å². The molecule has 0 saturated heterocycles. The number of rotatable bonds is 3. The van der Waals surface area contributed by atoms with E-state index in [0.29, 0.717) is 33.4 Å². The highest BCUT2D eigenvalue weighted by Crippen LogP contribution is 2.64. The maximum atomic E-state index is 10.5. The van der Waals surface area contributed by atoms with Gasteiger partial charge in [-0.15, -0.1) is 0 Å². The van der Waals surface area contributed by atoms with E-state index in [1.165, 1.54) is 0 Å². The summed E-state index contributed by atoms with van der Waals surface area (Å²) in [6.07, 6.45) is 0. The number of hydrogen-bond donors (Lipinski definition) is 0. The van der Waals surface area contributed by atoms with E-state index in [0.717, 1.165) is 6.07 Å². The quantitative estimate of drug-likeness (QED) is 0.177. The predicted molar refractivity (Wildman–Crippen MR) is 224 cm³/mol. The lowest BCUT2D eigenvalue weighted by Gasteiger charge is -2.41. The van der Waals surface area contributed by atoms with E-state index in [4.69, 9.17) is 21.2 Å². The van der Waals surface area contributed by atoms with Crippen LogP contribution in [-0.2, 0) is 10.8 Å². The molecule has 12 rings (SSSR count). The second kappa shape index (κ2) is 11.3. The Balaban J connectivity index is 1.27. The van der Waals surface area contributed by atoms with E-state index in [1.54, 1.807) is 48.5 Å². The standard InChI is InChI=1S/C54H34O/c1-3-16-38(17-4-1)53(39-18-5-2-6-19-39)46-25-13-14-26-50(46)55-51-32-29-37(34-49(51)53)36-27-30-42-41-21-9-11-23-44(41)54(48(42)33-36)45-24-12-10-22-43(45)52-40-20-8-7-15-35(40)28-31-47(52)54/h1-34H/i1D,2D,3D,4D,5D,6D,7D,8D,13D,14D,15D,16D,17D,18D,20D,25D,26D,28D,29D,31D,32D,34D. The minimum absolute atomic E-state index is 0.0231. The van der Waals surface area contributed by atoms with Gasteiger partial charge in [-0.2, -0.15) is 0 Å². The van der Waals surface area contributed by atoms with Gasteiger partial charge in [0.25, 0.3) is 0 Å². The third-order valence-electron chi connectivity index (χ3n) is 11.0. The van der Waals surface area contributed by atoms with Crippen LogP contribution < -0.4 is 4.74 Å². The summed E-state index contributed by atoms with van der Waals surface area (Å²) in [5, 5.41) is -0.129. The van der Waals surface area contributed by atoms with E-state index in [1.807, 2.05) is 18.2 Å². The first-order valence-corrected chi connectivity index (χ1v) is 17.4. The van der Waals surface area contributed by atoms with Crippen LogP contribution in [0.5, 0.6) is 11.5 Å². The molecule has 0 aromatic heterocycles. The fourth-order valence-electron chi connectivity index (χ4n) is 8.94. The molecule has 0 bridgehead atoms. The fraction of sp³-hybridized carbons (Fsp3) is 0.0370. The minimum atomic E-state index is -2.96. The van der Waals surface area contributed by atoms with Crippen LogP contribution in [0.15, 0.2) is 206 Å². The third kappa shape index (κ3) is 3.92. The predicted octanol–water partition coefficient (Wildman–Crippen LogP) is 13.3. The van der Waals surface area contributed by atoms with Crippen molar-refractivity contribution < 1.29 is 34.9 Å². The summed E-state index contributed by atoms with van der Waals surface area (Å²) >= 11 is 0. The van der Waals surface area contributed by atoms with Crippen LogP contribution >= 0.6 is 0 Å². The lowest BCUT2D eigenvalue weighted by atomic mass is 9.63. The Morgan fingerprint density at radius 2 is 1.09 bits per heavy atom. The zero-order chi connectivity index (χ0) is 55.3. The van der Waals surface area contributed by atoms with Crippen LogP contribution in [0.25, 0.3) is 44.2 Å². The topological polar surface area (TPSA) is 9.23 Å². The molecule has 0 N–H and O–H groups in total. The molecule has 9 aromatic rings. The van der Waals surface area contributed by atoms with E-state index >= 15 is 0 Å². The molecule has 2 aliphatic carbocycles. The van der Waals surface area contributed by atoms with Crippen molar-refractivity contribution in [2.75, 3.05) is 0 Å². The molecule has 1 heterocycles. The van der Waals surface area contributed by atoms with Gasteiger partial charge in [0.2, 0.25) is 0 Å². The molecule has 1 heteroatoms. The molecule has 1 nitrogen and oxygen atoms in total. The molecule has 2 atom stereocenters. The van der Waals surface area contributed by atoms with Gasteiger partial charge in [0.15, 0.2) is 0 Å². The third-order valence-corrected chi connectivity index (χ3v) is 11.0. The summed E-state index contributed by atoms with van der Waals surface area (Å²) < 4.78 is 209. The molecular formula is C54H34O. The number of fused-ring (bicyclic) bond motifs is 14. The summed E-state index contributed by atoms with van der Waals surface area (Å²) in [5.41, 5.74) is -3.82. The monoisotopic (exact) mass is 720 g/mol. The van der Waals surface area contributed by atoms with Crippen molar-refractivity contribution in [3.63, 3.8) is 0 Å². The molecule has 9 aromatic carbocycles. The average Bonchev–Trinajstić information content (AvgIpc) is 4.09. The lowest BCUT2D eigenvalue weighted by Crippen LogP contribution is -2.34. The average molecular weight is 721 g/mol. The molecule has 0 fully saturated rings. The summed E-state index contributed by atoms with van der Waals surface area (Å²) in [4.78, 5) is 0. The summed E-state index contributed by atoms with van der Waals surface area (Å²) in [6.45, 7) is 0. The maximum Gasteiger partial charge on any atom is 0.132 e. The molecule has 1 aliphatic heterocycles. The Morgan fingerprint density at radius 3 is 1.98 bits per heavy atom. The zero-order valence-corrected chi connectivity index (χ0v) is 28.3. The Kier molecular flexibility index (Phi) is 3.32. The van der Waals surface area contributed by atoms with Gasteiger partial charge in [0.1, 0.15) is 11.5 Å².